The Kier molecular flexibility index (Phi) is 5.48. The molecular weight excluding hydrogens is 435 g/mol. The molecule has 2 aliphatic rings. The number of aromatic nitrogens is 2. The summed E-state index contributed by atoms with van der Waals surface area (Å²) in [7, 11) is 1.52. The summed E-state index contributed by atoms with van der Waals surface area (Å²) < 4.78 is 25.8. The predicted molar refractivity (Wildman–Crippen MR) is 119 cm³/mol. The van der Waals surface area contributed by atoms with E-state index in [-0.39, 0.29) is 17.9 Å². The van der Waals surface area contributed by atoms with Crippen LogP contribution in [0.15, 0.2) is 36.7 Å². The van der Waals surface area contributed by atoms with E-state index in [9.17, 15) is 9.18 Å². The Labute approximate surface area is 189 Å². The number of fused-ring (bicyclic) bond motifs is 1. The average Bonchev–Trinajstić information content (AvgIpc) is 3.12. The normalized spacial score (nSPS) is 19.7. The molecule has 7 nitrogen and oxygen atoms in total. The molecule has 0 saturated carbocycles. The third-order valence-electron chi connectivity index (χ3n) is 5.99. The van der Waals surface area contributed by atoms with Gasteiger partial charge in [-0.2, -0.15) is 0 Å². The fourth-order valence-corrected chi connectivity index (χ4v) is 4.56. The van der Waals surface area contributed by atoms with Gasteiger partial charge in [-0.25, -0.2) is 4.39 Å². The van der Waals surface area contributed by atoms with Crippen LogP contribution in [0.1, 0.15) is 34.8 Å². The van der Waals surface area contributed by atoms with Crippen molar-refractivity contribution in [2.24, 2.45) is 0 Å². The van der Waals surface area contributed by atoms with Crippen LogP contribution in [0.25, 0.3) is 11.3 Å². The quantitative estimate of drug-likeness (QED) is 0.503. The monoisotopic (exact) mass is 456 g/mol. The van der Waals surface area contributed by atoms with E-state index in [1.165, 1.54) is 13.3 Å². The molecule has 2 atom stereocenters. The number of halogens is 2. The first-order valence-corrected chi connectivity index (χ1v) is 10.8. The SMILES string of the molecule is COc1c(Cl)cccc1Nc1c(-c2ccncc2F)[nH]c2c1C(=O)NC[C@H]2C[C@@H]1CCO1. The first-order chi connectivity index (χ1) is 15.6. The Bertz CT molecular complexity index is 1180. The van der Waals surface area contributed by atoms with Gasteiger partial charge in [-0.05, 0) is 31.0 Å². The molecule has 1 fully saturated rings. The maximum Gasteiger partial charge on any atom is 0.255 e. The average molecular weight is 457 g/mol. The third-order valence-corrected chi connectivity index (χ3v) is 6.28. The Morgan fingerprint density at radius 2 is 2.22 bits per heavy atom. The molecule has 1 amide bonds. The van der Waals surface area contributed by atoms with Gasteiger partial charge in [0.05, 0.1) is 47.1 Å². The van der Waals surface area contributed by atoms with E-state index in [0.29, 0.717) is 45.5 Å². The summed E-state index contributed by atoms with van der Waals surface area (Å²) in [5, 5.41) is 6.67. The molecule has 2 aliphatic heterocycles. The summed E-state index contributed by atoms with van der Waals surface area (Å²) in [5.74, 6) is -0.271. The zero-order valence-electron chi connectivity index (χ0n) is 17.4. The highest BCUT2D eigenvalue weighted by Gasteiger charge is 2.35. The number of pyridine rings is 1. The second-order valence-electron chi connectivity index (χ2n) is 7.89. The van der Waals surface area contributed by atoms with Crippen molar-refractivity contribution in [1.29, 1.82) is 0 Å². The second kappa shape index (κ2) is 8.44. The summed E-state index contributed by atoms with van der Waals surface area (Å²) in [6.07, 6.45) is 4.60. The number of methoxy groups -OCH3 is 1. The Hall–Kier alpha value is -3.10. The van der Waals surface area contributed by atoms with Crippen LogP contribution < -0.4 is 15.4 Å². The van der Waals surface area contributed by atoms with Gasteiger partial charge in [0, 0.05) is 36.5 Å². The number of amides is 1. The van der Waals surface area contributed by atoms with E-state index >= 15 is 0 Å². The Morgan fingerprint density at radius 3 is 2.94 bits per heavy atom. The summed E-state index contributed by atoms with van der Waals surface area (Å²) in [6, 6.07) is 6.85. The van der Waals surface area contributed by atoms with Crippen LogP contribution in [-0.2, 0) is 4.74 Å². The number of nitrogens with one attached hydrogen (secondary N) is 3. The lowest BCUT2D eigenvalue weighted by Gasteiger charge is -2.32. The van der Waals surface area contributed by atoms with Crippen LogP contribution in [0, 0.1) is 5.82 Å². The van der Waals surface area contributed by atoms with Gasteiger partial charge in [-0.3, -0.25) is 9.78 Å². The van der Waals surface area contributed by atoms with Gasteiger partial charge in [0.2, 0.25) is 0 Å². The number of H-pyrrole nitrogens is 1. The molecule has 1 aromatic carbocycles. The topological polar surface area (TPSA) is 88.3 Å². The van der Waals surface area contributed by atoms with Gasteiger partial charge >= 0.3 is 0 Å². The Balaban J connectivity index is 1.66. The lowest BCUT2D eigenvalue weighted by atomic mass is 9.89. The van der Waals surface area contributed by atoms with Crippen molar-refractivity contribution in [2.45, 2.75) is 24.9 Å². The number of benzene rings is 1. The van der Waals surface area contributed by atoms with Crippen LogP contribution in [0.2, 0.25) is 5.02 Å². The van der Waals surface area contributed by atoms with E-state index in [1.54, 1.807) is 24.3 Å². The molecule has 166 valence electrons. The maximum absolute atomic E-state index is 14.8. The zero-order chi connectivity index (χ0) is 22.2. The first-order valence-electron chi connectivity index (χ1n) is 10.4. The van der Waals surface area contributed by atoms with Crippen molar-refractivity contribution < 1.29 is 18.7 Å². The Morgan fingerprint density at radius 1 is 1.38 bits per heavy atom. The number of para-hydroxylation sites is 1. The molecule has 0 bridgehead atoms. The van der Waals surface area contributed by atoms with Gasteiger partial charge in [0.15, 0.2) is 11.6 Å². The van der Waals surface area contributed by atoms with Crippen molar-refractivity contribution >= 4 is 28.9 Å². The van der Waals surface area contributed by atoms with Crippen LogP contribution in [0.3, 0.4) is 0 Å². The van der Waals surface area contributed by atoms with E-state index in [2.05, 4.69) is 20.6 Å². The number of ether oxygens (including phenoxy) is 2. The standard InChI is InChI=1S/C23H22ClFN4O3/c1-31-22-15(24)3-2-4-17(22)28-21-18-19(29-20(21)14-5-7-26-11-16(14)25)12(10-27-23(18)30)9-13-6-8-32-13/h2-5,7,11-13,28-29H,6,8-10H2,1H3,(H,27,30)/t12-,13+/m1/s1. The number of aromatic amines is 1. The van der Waals surface area contributed by atoms with Crippen molar-refractivity contribution in [3.05, 3.63) is 58.8 Å². The molecule has 0 unspecified atom stereocenters. The fraction of sp³-hybridized carbons (Fsp3) is 0.304. The smallest absolute Gasteiger partial charge is 0.255 e. The summed E-state index contributed by atoms with van der Waals surface area (Å²) >= 11 is 6.29. The first kappa shape index (κ1) is 20.8. The molecule has 9 heteroatoms. The van der Waals surface area contributed by atoms with Gasteiger partial charge in [0.1, 0.15) is 0 Å². The van der Waals surface area contributed by atoms with Crippen molar-refractivity contribution in [2.75, 3.05) is 25.6 Å². The van der Waals surface area contributed by atoms with Crippen molar-refractivity contribution in [3.8, 4) is 17.0 Å². The lowest BCUT2D eigenvalue weighted by molar-refractivity contribution is -0.0582. The minimum absolute atomic E-state index is 0.0217. The number of nitrogens with zero attached hydrogens (tertiary/aromatic N) is 1. The number of hydrogen-bond donors (Lipinski definition) is 3. The van der Waals surface area contributed by atoms with Crippen LogP contribution in [0.5, 0.6) is 5.75 Å². The molecule has 4 heterocycles. The van der Waals surface area contributed by atoms with Gasteiger partial charge in [-0.15, -0.1) is 0 Å². The molecular formula is C23H22ClFN4O3. The van der Waals surface area contributed by atoms with Gasteiger partial charge < -0.3 is 25.1 Å². The van der Waals surface area contributed by atoms with Gasteiger partial charge in [-0.1, -0.05) is 17.7 Å². The highest BCUT2D eigenvalue weighted by Crippen LogP contribution is 2.44. The molecule has 5 rings (SSSR count). The van der Waals surface area contributed by atoms with E-state index in [0.717, 1.165) is 31.3 Å². The van der Waals surface area contributed by atoms with Crippen LogP contribution in [-0.4, -0.2) is 42.2 Å². The minimum Gasteiger partial charge on any atom is -0.493 e. The molecule has 0 spiro atoms. The molecule has 0 aliphatic carbocycles. The third kappa shape index (κ3) is 3.59. The molecule has 32 heavy (non-hydrogen) atoms. The fourth-order valence-electron chi connectivity index (χ4n) is 4.31. The molecule has 1 saturated heterocycles. The predicted octanol–water partition coefficient (Wildman–Crippen LogP) is 4.63. The van der Waals surface area contributed by atoms with Gasteiger partial charge in [0.25, 0.3) is 5.91 Å². The second-order valence-corrected chi connectivity index (χ2v) is 8.30. The highest BCUT2D eigenvalue weighted by atomic mass is 35.5. The minimum atomic E-state index is -0.494. The maximum atomic E-state index is 14.8. The molecule has 3 aromatic rings. The molecule has 3 N–H and O–H groups in total. The van der Waals surface area contributed by atoms with Crippen LogP contribution in [0.4, 0.5) is 15.8 Å². The summed E-state index contributed by atoms with van der Waals surface area (Å²) in [4.78, 5) is 20.2. The van der Waals surface area contributed by atoms with Crippen LogP contribution >= 0.6 is 11.6 Å². The largest absolute Gasteiger partial charge is 0.493 e. The lowest BCUT2D eigenvalue weighted by Crippen LogP contribution is -2.38. The zero-order valence-corrected chi connectivity index (χ0v) is 18.1. The van der Waals surface area contributed by atoms with Crippen molar-refractivity contribution in [3.63, 3.8) is 0 Å². The van der Waals surface area contributed by atoms with E-state index < -0.39 is 5.82 Å². The number of carbonyl (C=O) groups excluding carboxylic acids is 1. The number of hydrogen-bond acceptors (Lipinski definition) is 5. The summed E-state index contributed by atoms with van der Waals surface area (Å²) in [6.45, 7) is 1.25. The summed E-state index contributed by atoms with van der Waals surface area (Å²) in [5.41, 5.74) is 3.02. The highest BCUT2D eigenvalue weighted by molar-refractivity contribution is 6.32. The number of carbonyl (C=O) groups is 1. The number of anilines is 2. The van der Waals surface area contributed by atoms with E-state index in [1.807, 2.05) is 0 Å². The molecule has 0 radical (unpaired) electrons. The van der Waals surface area contributed by atoms with Crippen molar-refractivity contribution in [1.82, 2.24) is 15.3 Å². The molecule has 2 aromatic heterocycles. The number of rotatable bonds is 6. The van der Waals surface area contributed by atoms with E-state index in [4.69, 9.17) is 21.1 Å².